The fourth-order valence-corrected chi connectivity index (χ4v) is 7.27. The van der Waals surface area contributed by atoms with Gasteiger partial charge in [0.05, 0.1) is 17.5 Å². The lowest BCUT2D eigenvalue weighted by molar-refractivity contribution is -0.0226. The summed E-state index contributed by atoms with van der Waals surface area (Å²) in [4.78, 5) is 4.43. The zero-order valence-corrected chi connectivity index (χ0v) is 19.5. The largest absolute Gasteiger partial charge is 0.507 e. The van der Waals surface area contributed by atoms with E-state index < -0.39 is 0 Å². The molecule has 5 atom stereocenters. The number of nitrogens with two attached hydrogens (primary N) is 1. The molecule has 3 aliphatic carbocycles. The normalized spacial score (nSPS) is 29.8. The molecule has 1 heterocycles. The monoisotopic (exact) mass is 456 g/mol. The van der Waals surface area contributed by atoms with Gasteiger partial charge in [-0.1, -0.05) is 37.3 Å². The van der Waals surface area contributed by atoms with Gasteiger partial charge in [0.1, 0.15) is 5.75 Å². The number of aliphatic hydroxyl groups is 1. The van der Waals surface area contributed by atoms with Crippen molar-refractivity contribution in [2.75, 3.05) is 5.84 Å². The molecule has 34 heavy (non-hydrogen) atoms. The Balaban J connectivity index is 1.44. The van der Waals surface area contributed by atoms with Gasteiger partial charge in [-0.2, -0.15) is 0 Å². The van der Waals surface area contributed by atoms with Gasteiger partial charge in [0.15, 0.2) is 0 Å². The maximum Gasteiger partial charge on any atom is 0.241 e. The average molecular weight is 457 g/mol. The summed E-state index contributed by atoms with van der Waals surface area (Å²) in [6, 6.07) is 15.6. The lowest BCUT2D eigenvalue weighted by Crippen LogP contribution is -2.43. The number of rotatable bonds is 2. The van der Waals surface area contributed by atoms with Crippen molar-refractivity contribution in [3.05, 3.63) is 65.3 Å². The second kappa shape index (κ2) is 7.70. The third-order valence-electron chi connectivity index (χ3n) is 9.12. The van der Waals surface area contributed by atoms with Crippen molar-refractivity contribution < 1.29 is 10.2 Å². The topological polar surface area (TPSA) is 108 Å². The molecule has 6 rings (SSSR count). The fourth-order valence-electron chi connectivity index (χ4n) is 7.27. The highest BCUT2D eigenvalue weighted by Crippen LogP contribution is 2.61. The van der Waals surface area contributed by atoms with Crippen LogP contribution in [0.4, 0.5) is 0 Å². The Morgan fingerprint density at radius 2 is 1.88 bits per heavy atom. The number of aromatic hydroxyl groups is 1. The van der Waals surface area contributed by atoms with Crippen molar-refractivity contribution in [2.45, 2.75) is 57.5 Å². The van der Waals surface area contributed by atoms with Gasteiger partial charge in [-0.05, 0) is 91.0 Å². The Morgan fingerprint density at radius 3 is 2.68 bits per heavy atom. The SMILES string of the molecule is C[C@]12CC[C@@H]3c4cc(-c5cc(-c6ccccc6)n(N)c(=N)n5)c(O)cc4CC[C@H]3[C@@H]1CC[C@@H]2O. The Bertz CT molecular complexity index is 1320. The molecule has 0 saturated heterocycles. The number of phenols is 1. The molecule has 0 amide bonds. The number of phenolic OH excluding ortho intramolecular Hbond substituents is 1. The molecule has 5 N–H and O–H groups in total. The lowest BCUT2D eigenvalue weighted by atomic mass is 9.55. The molecule has 176 valence electrons. The Hall–Kier alpha value is -3.12. The summed E-state index contributed by atoms with van der Waals surface area (Å²) >= 11 is 0. The highest BCUT2D eigenvalue weighted by Gasteiger charge is 2.54. The number of nitrogens with one attached hydrogen (secondary N) is 1. The highest BCUT2D eigenvalue weighted by molar-refractivity contribution is 5.73. The van der Waals surface area contributed by atoms with Gasteiger partial charge in [-0.15, -0.1) is 0 Å². The predicted molar refractivity (Wildman–Crippen MR) is 131 cm³/mol. The van der Waals surface area contributed by atoms with Crippen molar-refractivity contribution >= 4 is 0 Å². The maximum absolute atomic E-state index is 11.0. The molecule has 6 heteroatoms. The molecule has 3 aliphatic rings. The summed E-state index contributed by atoms with van der Waals surface area (Å²) in [7, 11) is 0. The van der Waals surface area contributed by atoms with Crippen LogP contribution in [0.25, 0.3) is 22.5 Å². The second-order valence-corrected chi connectivity index (χ2v) is 10.7. The van der Waals surface area contributed by atoms with Crippen molar-refractivity contribution in [2.24, 2.45) is 17.3 Å². The van der Waals surface area contributed by atoms with Crippen LogP contribution in [0.15, 0.2) is 48.5 Å². The van der Waals surface area contributed by atoms with Crippen LogP contribution >= 0.6 is 0 Å². The third kappa shape index (κ3) is 3.12. The number of nitrogens with zero attached hydrogens (tertiary/aromatic N) is 2. The van der Waals surface area contributed by atoms with E-state index in [0.717, 1.165) is 44.1 Å². The van der Waals surface area contributed by atoms with Crippen LogP contribution in [0.5, 0.6) is 5.75 Å². The number of aromatic nitrogens is 2. The molecule has 2 fully saturated rings. The van der Waals surface area contributed by atoms with Gasteiger partial charge in [0, 0.05) is 11.1 Å². The molecule has 0 unspecified atom stereocenters. The highest BCUT2D eigenvalue weighted by atomic mass is 16.3. The minimum absolute atomic E-state index is 0.0405. The number of hydrogen-bond donors (Lipinski definition) is 4. The number of fused-ring (bicyclic) bond motifs is 5. The predicted octanol–water partition coefficient (Wildman–Crippen LogP) is 4.33. The first-order valence-corrected chi connectivity index (χ1v) is 12.4. The van der Waals surface area contributed by atoms with Crippen molar-refractivity contribution in [3.8, 4) is 28.3 Å². The molecule has 2 saturated carbocycles. The van der Waals surface area contributed by atoms with Gasteiger partial charge in [-0.3, -0.25) is 5.41 Å². The van der Waals surface area contributed by atoms with Crippen LogP contribution in [-0.2, 0) is 6.42 Å². The number of nitrogen functional groups attached to an aromatic ring is 1. The number of hydrogen-bond acceptors (Lipinski definition) is 5. The molecule has 0 spiro atoms. The molecule has 0 bridgehead atoms. The van der Waals surface area contributed by atoms with Crippen molar-refractivity contribution in [3.63, 3.8) is 0 Å². The summed E-state index contributed by atoms with van der Waals surface area (Å²) < 4.78 is 1.28. The quantitative estimate of drug-likeness (QED) is 0.430. The van der Waals surface area contributed by atoms with E-state index in [-0.39, 0.29) is 22.9 Å². The van der Waals surface area contributed by atoms with E-state index in [9.17, 15) is 10.2 Å². The molecule has 2 aromatic carbocycles. The molecular weight excluding hydrogens is 424 g/mol. The summed E-state index contributed by atoms with van der Waals surface area (Å²) in [6.07, 6.45) is 6.03. The van der Waals surface area contributed by atoms with E-state index in [4.69, 9.17) is 11.3 Å². The first-order chi connectivity index (χ1) is 16.4. The number of aryl methyl sites for hydroxylation is 1. The van der Waals surface area contributed by atoms with Crippen LogP contribution in [-0.4, -0.2) is 26.0 Å². The fraction of sp³-hybridized carbons (Fsp3) is 0.429. The van der Waals surface area contributed by atoms with E-state index in [0.29, 0.717) is 34.7 Å². The molecular formula is C28H32N4O2. The van der Waals surface area contributed by atoms with Crippen molar-refractivity contribution in [1.82, 2.24) is 9.66 Å². The zero-order chi connectivity index (χ0) is 23.6. The molecule has 3 aromatic rings. The lowest BCUT2D eigenvalue weighted by Gasteiger charge is -2.50. The van der Waals surface area contributed by atoms with E-state index >= 15 is 0 Å². The number of benzene rings is 2. The Morgan fingerprint density at radius 1 is 1.09 bits per heavy atom. The second-order valence-electron chi connectivity index (χ2n) is 10.7. The van der Waals surface area contributed by atoms with Crippen LogP contribution < -0.4 is 11.5 Å². The summed E-state index contributed by atoms with van der Waals surface area (Å²) in [5.41, 5.74) is 5.31. The minimum atomic E-state index is -0.182. The summed E-state index contributed by atoms with van der Waals surface area (Å²) in [6.45, 7) is 2.29. The smallest absolute Gasteiger partial charge is 0.241 e. The summed E-state index contributed by atoms with van der Waals surface area (Å²) in [5, 5.41) is 30.0. The van der Waals surface area contributed by atoms with E-state index in [1.807, 2.05) is 42.5 Å². The van der Waals surface area contributed by atoms with E-state index in [2.05, 4.69) is 18.0 Å². The first kappa shape index (κ1) is 21.4. The van der Waals surface area contributed by atoms with Gasteiger partial charge in [0.25, 0.3) is 0 Å². The standard InChI is InChI=1S/C28H32N4O2/c1-28-12-11-18-19(22(28)9-10-26(28)34)8-7-17-13-25(33)21(14-20(17)18)23-15-24(32(30)27(29)31-23)16-5-3-2-4-6-16/h2-6,13-15,18-19,22,26,29,33-34H,7-12,30H2,1H3/t18-,19+,22-,26-,28-/m0/s1. The van der Waals surface area contributed by atoms with E-state index in [1.54, 1.807) is 0 Å². The molecule has 0 radical (unpaired) electrons. The van der Waals surface area contributed by atoms with Gasteiger partial charge in [0.2, 0.25) is 5.62 Å². The van der Waals surface area contributed by atoms with Gasteiger partial charge >= 0.3 is 0 Å². The molecule has 1 aromatic heterocycles. The maximum atomic E-state index is 11.0. The van der Waals surface area contributed by atoms with Gasteiger partial charge in [-0.25, -0.2) is 9.66 Å². The van der Waals surface area contributed by atoms with Crippen LogP contribution in [0.1, 0.15) is 56.1 Å². The van der Waals surface area contributed by atoms with Crippen molar-refractivity contribution in [1.29, 1.82) is 5.41 Å². The van der Waals surface area contributed by atoms with E-state index in [1.165, 1.54) is 15.8 Å². The first-order valence-electron chi connectivity index (χ1n) is 12.4. The summed E-state index contributed by atoms with van der Waals surface area (Å²) in [5.74, 6) is 7.93. The average Bonchev–Trinajstić information content (AvgIpc) is 3.15. The number of aliphatic hydroxyl groups excluding tert-OH is 1. The van der Waals surface area contributed by atoms with Crippen LogP contribution in [0.3, 0.4) is 0 Å². The minimum Gasteiger partial charge on any atom is -0.507 e. The third-order valence-corrected chi connectivity index (χ3v) is 9.12. The van der Waals surface area contributed by atoms with Crippen LogP contribution in [0, 0.1) is 22.7 Å². The zero-order valence-electron chi connectivity index (χ0n) is 19.5. The van der Waals surface area contributed by atoms with Gasteiger partial charge < -0.3 is 16.1 Å². The Kier molecular flexibility index (Phi) is 4.85. The van der Waals surface area contributed by atoms with Crippen LogP contribution in [0.2, 0.25) is 0 Å². The Labute approximate surface area is 199 Å². The molecule has 6 nitrogen and oxygen atoms in total. The molecule has 0 aliphatic heterocycles.